The topological polar surface area (TPSA) is 60.7 Å². The molecule has 9 heteroatoms. The van der Waals surface area contributed by atoms with Gasteiger partial charge < -0.3 is 9.36 Å². The van der Waals surface area contributed by atoms with Crippen molar-refractivity contribution in [2.75, 3.05) is 0 Å². The van der Waals surface area contributed by atoms with Crippen molar-refractivity contribution in [1.82, 2.24) is 19.5 Å². The molecule has 0 unspecified atom stereocenters. The van der Waals surface area contributed by atoms with Crippen molar-refractivity contribution >= 4 is 29.1 Å². The van der Waals surface area contributed by atoms with Crippen molar-refractivity contribution in [3.8, 4) is 0 Å². The number of hydrogen-bond acceptors (Lipinski definition) is 4. The summed E-state index contributed by atoms with van der Waals surface area (Å²) in [7, 11) is 0. The molecule has 0 aliphatic rings. The first kappa shape index (κ1) is 13.7. The number of carbonyl (C=O) groups excluding carboxylic acids is 1. The van der Waals surface area contributed by atoms with Crippen molar-refractivity contribution in [3.05, 3.63) is 16.8 Å². The van der Waals surface area contributed by atoms with Crippen LogP contribution in [0.5, 0.6) is 0 Å². The fourth-order valence-electron chi connectivity index (χ4n) is 1.70. The normalized spacial score (nSPS) is 12.1. The third kappa shape index (κ3) is 2.40. The molecule has 0 saturated heterocycles. The zero-order chi connectivity index (χ0) is 14.2. The van der Waals surface area contributed by atoms with Gasteiger partial charge in [-0.1, -0.05) is 11.6 Å². The molecule has 2 aromatic heterocycles. The van der Waals surface area contributed by atoms with E-state index in [2.05, 4.69) is 15.0 Å². The number of hydrogen-bond donors (Lipinski definition) is 0. The first-order valence-electron chi connectivity index (χ1n) is 5.32. The number of imidazole rings is 1. The third-order valence-corrected chi connectivity index (χ3v) is 2.73. The second-order valence-corrected chi connectivity index (χ2v) is 4.01. The highest BCUT2D eigenvalue weighted by atomic mass is 35.5. The van der Waals surface area contributed by atoms with Crippen LogP contribution in [0.15, 0.2) is 0 Å². The van der Waals surface area contributed by atoms with Crippen molar-refractivity contribution in [2.24, 2.45) is 0 Å². The van der Waals surface area contributed by atoms with E-state index in [1.165, 1.54) is 4.57 Å². The van der Waals surface area contributed by atoms with Gasteiger partial charge in [-0.2, -0.15) is 13.2 Å². The van der Waals surface area contributed by atoms with Crippen LogP contribution in [0.3, 0.4) is 0 Å². The summed E-state index contributed by atoms with van der Waals surface area (Å²) in [6, 6.07) is 0. The van der Waals surface area contributed by atoms with Crippen LogP contribution >= 0.6 is 11.6 Å². The highest BCUT2D eigenvalue weighted by molar-refractivity contribution is 6.33. The average Bonchev–Trinajstić information content (AvgIpc) is 2.66. The van der Waals surface area contributed by atoms with E-state index in [1.807, 2.05) is 0 Å². The second kappa shape index (κ2) is 4.76. The van der Waals surface area contributed by atoms with Gasteiger partial charge in [-0.25, -0.2) is 15.0 Å². The smallest absolute Gasteiger partial charge is 0.312 e. The minimum Gasteiger partial charge on any atom is -0.312 e. The van der Waals surface area contributed by atoms with Gasteiger partial charge in [0.15, 0.2) is 10.8 Å². The van der Waals surface area contributed by atoms with E-state index >= 15 is 0 Å². The first-order chi connectivity index (χ1) is 8.88. The molecular weight excluding hydrogens is 285 g/mol. The first-order valence-corrected chi connectivity index (χ1v) is 5.69. The van der Waals surface area contributed by atoms with Crippen molar-refractivity contribution in [1.29, 1.82) is 0 Å². The highest BCUT2D eigenvalue weighted by Crippen LogP contribution is 2.30. The van der Waals surface area contributed by atoms with Gasteiger partial charge in [-0.05, 0) is 6.92 Å². The van der Waals surface area contributed by atoms with Crippen LogP contribution in [0, 0.1) is 0 Å². The van der Waals surface area contributed by atoms with Crippen LogP contribution in [-0.4, -0.2) is 25.8 Å². The Morgan fingerprint density at radius 1 is 1.32 bits per heavy atom. The molecule has 0 N–H and O–H groups in total. The monoisotopic (exact) mass is 292 g/mol. The standard InChI is InChI=1S/C10H8ClF3N4O/c1-2-18-5(3-4-19)15-6-7(11)16-9(10(12,13)14)17-8(6)18/h4H,2-3H2,1H3. The lowest BCUT2D eigenvalue weighted by Crippen LogP contribution is -2.12. The van der Waals surface area contributed by atoms with E-state index in [-0.39, 0.29) is 22.7 Å². The van der Waals surface area contributed by atoms with E-state index in [0.29, 0.717) is 18.7 Å². The maximum atomic E-state index is 12.6. The summed E-state index contributed by atoms with van der Waals surface area (Å²) in [6.45, 7) is 2.03. The number of aromatic nitrogens is 4. The zero-order valence-corrected chi connectivity index (χ0v) is 10.5. The second-order valence-electron chi connectivity index (χ2n) is 3.65. The summed E-state index contributed by atoms with van der Waals surface area (Å²) in [4.78, 5) is 21.2. The van der Waals surface area contributed by atoms with E-state index in [1.54, 1.807) is 6.92 Å². The van der Waals surface area contributed by atoms with E-state index in [9.17, 15) is 18.0 Å². The Labute approximate surface area is 110 Å². The number of alkyl halides is 3. The van der Waals surface area contributed by atoms with Gasteiger partial charge in [0.2, 0.25) is 5.82 Å². The predicted molar refractivity (Wildman–Crippen MR) is 60.8 cm³/mol. The van der Waals surface area contributed by atoms with Gasteiger partial charge in [-0.3, -0.25) is 0 Å². The Kier molecular flexibility index (Phi) is 3.44. The van der Waals surface area contributed by atoms with Crippen molar-refractivity contribution in [2.45, 2.75) is 26.1 Å². The molecular formula is C10H8ClF3N4O. The number of aryl methyl sites for hydroxylation is 1. The molecule has 2 heterocycles. The molecule has 0 aliphatic carbocycles. The lowest BCUT2D eigenvalue weighted by molar-refractivity contribution is -0.144. The Morgan fingerprint density at radius 2 is 2.00 bits per heavy atom. The Hall–Kier alpha value is -1.70. The van der Waals surface area contributed by atoms with E-state index in [0.717, 1.165) is 0 Å². The van der Waals surface area contributed by atoms with Gasteiger partial charge in [0.05, 0.1) is 6.42 Å². The van der Waals surface area contributed by atoms with Crippen molar-refractivity contribution < 1.29 is 18.0 Å². The van der Waals surface area contributed by atoms with Crippen LogP contribution < -0.4 is 0 Å². The molecule has 19 heavy (non-hydrogen) atoms. The summed E-state index contributed by atoms with van der Waals surface area (Å²) in [6.07, 6.45) is -4.10. The number of fused-ring (bicyclic) bond motifs is 1. The molecule has 0 bridgehead atoms. The lowest BCUT2D eigenvalue weighted by atomic mass is 10.4. The Bertz CT molecular complexity index is 638. The molecule has 0 saturated carbocycles. The van der Waals surface area contributed by atoms with Crippen molar-refractivity contribution in [3.63, 3.8) is 0 Å². The van der Waals surface area contributed by atoms with Crippen LogP contribution in [0.2, 0.25) is 5.15 Å². The number of rotatable bonds is 3. The van der Waals surface area contributed by atoms with Crippen LogP contribution in [0.1, 0.15) is 18.6 Å². The summed E-state index contributed by atoms with van der Waals surface area (Å²) in [5, 5.41) is -0.378. The summed E-state index contributed by atoms with van der Waals surface area (Å²) in [5.41, 5.74) is 0.0417. The number of carbonyl (C=O) groups is 1. The summed E-state index contributed by atoms with van der Waals surface area (Å²) >= 11 is 5.70. The van der Waals surface area contributed by atoms with Gasteiger partial charge in [0.25, 0.3) is 0 Å². The predicted octanol–water partition coefficient (Wildman–Crippen LogP) is 2.26. The number of nitrogens with zero attached hydrogens (tertiary/aromatic N) is 4. The Balaban J connectivity index is 2.75. The van der Waals surface area contributed by atoms with Gasteiger partial charge in [0.1, 0.15) is 17.6 Å². The third-order valence-electron chi connectivity index (χ3n) is 2.47. The molecule has 0 aromatic carbocycles. The summed E-state index contributed by atoms with van der Waals surface area (Å²) in [5.74, 6) is -1.01. The fourth-order valence-corrected chi connectivity index (χ4v) is 1.91. The van der Waals surface area contributed by atoms with Gasteiger partial charge in [0, 0.05) is 6.54 Å². The molecule has 2 aromatic rings. The zero-order valence-electron chi connectivity index (χ0n) is 9.70. The van der Waals surface area contributed by atoms with E-state index < -0.39 is 12.0 Å². The van der Waals surface area contributed by atoms with Crippen LogP contribution in [-0.2, 0) is 23.9 Å². The molecule has 0 spiro atoms. The van der Waals surface area contributed by atoms with Gasteiger partial charge >= 0.3 is 6.18 Å². The quantitative estimate of drug-likeness (QED) is 0.643. The number of aldehydes is 1. The maximum absolute atomic E-state index is 12.6. The molecule has 0 radical (unpaired) electrons. The molecule has 2 rings (SSSR count). The molecule has 0 atom stereocenters. The van der Waals surface area contributed by atoms with Gasteiger partial charge in [-0.15, -0.1) is 0 Å². The molecule has 0 amide bonds. The lowest BCUT2D eigenvalue weighted by Gasteiger charge is -2.06. The molecule has 5 nitrogen and oxygen atoms in total. The molecule has 0 aliphatic heterocycles. The SMILES string of the molecule is CCn1c(CC=O)nc2c(Cl)nc(C(F)(F)F)nc21. The highest BCUT2D eigenvalue weighted by Gasteiger charge is 2.36. The molecule has 0 fully saturated rings. The minimum atomic E-state index is -4.69. The average molecular weight is 293 g/mol. The van der Waals surface area contributed by atoms with Crippen LogP contribution in [0.4, 0.5) is 13.2 Å². The maximum Gasteiger partial charge on any atom is 0.451 e. The number of halogens is 4. The van der Waals surface area contributed by atoms with Crippen LogP contribution in [0.25, 0.3) is 11.2 Å². The van der Waals surface area contributed by atoms with E-state index in [4.69, 9.17) is 11.6 Å². The Morgan fingerprint density at radius 3 is 2.53 bits per heavy atom. The summed E-state index contributed by atoms with van der Waals surface area (Å²) < 4.78 is 39.3. The minimum absolute atomic E-state index is 0.0216. The largest absolute Gasteiger partial charge is 0.451 e. The fraction of sp³-hybridized carbons (Fsp3) is 0.400. The molecule has 102 valence electrons.